The van der Waals surface area contributed by atoms with Gasteiger partial charge in [0.15, 0.2) is 6.04 Å². The maximum absolute atomic E-state index is 12.9. The molecule has 1 aliphatic rings. The van der Waals surface area contributed by atoms with E-state index in [0.717, 1.165) is 22.3 Å². The third kappa shape index (κ3) is 4.52. The third-order valence-corrected chi connectivity index (χ3v) is 5.63. The second-order valence-electron chi connectivity index (χ2n) is 7.69. The van der Waals surface area contributed by atoms with Crippen molar-refractivity contribution in [3.8, 4) is 0 Å². The van der Waals surface area contributed by atoms with Gasteiger partial charge in [0.1, 0.15) is 0 Å². The lowest BCUT2D eigenvalue weighted by Gasteiger charge is -2.15. The molecule has 31 heavy (non-hydrogen) atoms. The summed E-state index contributed by atoms with van der Waals surface area (Å²) in [6.45, 7) is 3.94. The Bertz CT molecular complexity index is 1170. The smallest absolute Gasteiger partial charge is 0.304 e. The summed E-state index contributed by atoms with van der Waals surface area (Å²) in [5.41, 5.74) is 7.32. The highest BCUT2D eigenvalue weighted by molar-refractivity contribution is 6.30. The molecule has 2 atom stereocenters. The highest BCUT2D eigenvalue weighted by Gasteiger charge is 2.47. The van der Waals surface area contributed by atoms with Crippen molar-refractivity contribution in [2.75, 3.05) is 0 Å². The second kappa shape index (κ2) is 8.74. The zero-order valence-electron chi connectivity index (χ0n) is 17.3. The fraction of sp³-hybridized carbons (Fsp3) is 0.160. The highest BCUT2D eigenvalue weighted by atomic mass is 35.5. The molecule has 6 heteroatoms. The van der Waals surface area contributed by atoms with Crippen molar-refractivity contribution in [3.05, 3.63) is 106 Å². The molecule has 5 nitrogen and oxygen atoms in total. The van der Waals surface area contributed by atoms with Crippen molar-refractivity contribution >= 4 is 29.6 Å². The van der Waals surface area contributed by atoms with Gasteiger partial charge in [-0.2, -0.15) is 0 Å². The number of carbonyl (C=O) groups excluding carboxylic acids is 2. The number of aryl methyl sites for hydroxylation is 2. The summed E-state index contributed by atoms with van der Waals surface area (Å²) in [6, 6.07) is 21.3. The quantitative estimate of drug-likeness (QED) is 0.613. The minimum atomic E-state index is -0.769. The summed E-state index contributed by atoms with van der Waals surface area (Å²) in [7, 11) is 0. The molecule has 2 amide bonds. The second-order valence-corrected chi connectivity index (χ2v) is 8.12. The molecule has 2 N–H and O–H groups in total. The average molecular weight is 433 g/mol. The molecule has 1 saturated heterocycles. The Hall–Kier alpha value is -3.44. The Labute approximate surface area is 186 Å². The van der Waals surface area contributed by atoms with Crippen LogP contribution in [0.2, 0.25) is 5.02 Å². The molecule has 156 valence electrons. The molecule has 0 radical (unpaired) electrons. The predicted molar refractivity (Wildman–Crippen MR) is 121 cm³/mol. The first-order valence-electron chi connectivity index (χ1n) is 10.0. The van der Waals surface area contributed by atoms with Crippen molar-refractivity contribution in [3.63, 3.8) is 0 Å². The number of hydrazone groups is 1. The van der Waals surface area contributed by atoms with Crippen molar-refractivity contribution in [1.29, 1.82) is 0 Å². The number of hydrogen-bond acceptors (Lipinski definition) is 2. The Morgan fingerprint density at radius 2 is 1.77 bits per heavy atom. The van der Waals surface area contributed by atoms with Crippen LogP contribution in [-0.2, 0) is 4.79 Å². The van der Waals surface area contributed by atoms with E-state index in [1.54, 1.807) is 28.9 Å². The lowest BCUT2D eigenvalue weighted by Crippen LogP contribution is -2.42. The molecule has 3 aromatic carbocycles. The number of amides is 2. The molecule has 4 rings (SSSR count). The van der Waals surface area contributed by atoms with Gasteiger partial charge >= 0.3 is 5.91 Å². The lowest BCUT2D eigenvalue weighted by atomic mass is 9.99. The molecule has 0 aliphatic carbocycles. The Kier molecular flexibility index (Phi) is 5.87. The van der Waals surface area contributed by atoms with Gasteiger partial charge in [-0.05, 0) is 49.7 Å². The predicted octanol–water partition coefficient (Wildman–Crippen LogP) is 3.97. The number of hydrazine groups is 1. The average Bonchev–Trinajstić information content (AvgIpc) is 3.05. The Balaban J connectivity index is 1.72. The number of rotatable bonds is 4. The first-order valence-corrected chi connectivity index (χ1v) is 10.4. The van der Waals surface area contributed by atoms with E-state index in [2.05, 4.69) is 10.7 Å². The molecule has 1 aliphatic heterocycles. The zero-order valence-corrected chi connectivity index (χ0v) is 18.1. The molecule has 0 bridgehead atoms. The van der Waals surface area contributed by atoms with Crippen LogP contribution in [0.1, 0.15) is 38.7 Å². The van der Waals surface area contributed by atoms with E-state index < -0.39 is 12.1 Å². The van der Waals surface area contributed by atoms with Crippen molar-refractivity contribution in [1.82, 2.24) is 10.7 Å². The largest absolute Gasteiger partial charge is 0.334 e. The number of benzene rings is 3. The lowest BCUT2D eigenvalue weighted by molar-refractivity contribution is -0.596. The fourth-order valence-corrected chi connectivity index (χ4v) is 3.86. The number of nitrogens with zero attached hydrogens (tertiary/aromatic N) is 1. The monoisotopic (exact) mass is 432 g/mol. The van der Waals surface area contributed by atoms with Gasteiger partial charge in [0.05, 0.1) is 0 Å². The van der Waals surface area contributed by atoms with E-state index in [-0.39, 0.29) is 11.8 Å². The van der Waals surface area contributed by atoms with Gasteiger partial charge in [0.25, 0.3) is 5.91 Å². The number of nitrogens with one attached hydrogen (secondary N) is 2. The fourth-order valence-electron chi connectivity index (χ4n) is 3.73. The van der Waals surface area contributed by atoms with E-state index in [4.69, 9.17) is 11.6 Å². The summed E-state index contributed by atoms with van der Waals surface area (Å²) in [5.74, 6) is -0.564. The number of carbonyl (C=O) groups is 2. The van der Waals surface area contributed by atoms with Crippen LogP contribution in [0.4, 0.5) is 0 Å². The molecule has 1 heterocycles. The van der Waals surface area contributed by atoms with E-state index in [1.165, 1.54) is 0 Å². The zero-order chi connectivity index (χ0) is 22.0. The molecule has 0 saturated carbocycles. The number of halogens is 1. The molecule has 1 fully saturated rings. The number of hydrogen-bond donors (Lipinski definition) is 2. The van der Waals surface area contributed by atoms with Crippen molar-refractivity contribution in [2.45, 2.75) is 25.9 Å². The third-order valence-electron chi connectivity index (χ3n) is 5.38. The molecule has 0 aromatic heterocycles. The van der Waals surface area contributed by atoms with Crippen LogP contribution in [0.25, 0.3) is 0 Å². The van der Waals surface area contributed by atoms with Crippen LogP contribution in [-0.4, -0.2) is 28.8 Å². The maximum atomic E-state index is 12.9. The van der Waals surface area contributed by atoms with Gasteiger partial charge in [0.2, 0.25) is 12.3 Å². The van der Waals surface area contributed by atoms with Crippen LogP contribution in [0.15, 0.2) is 72.8 Å². The molecular formula is C25H23ClN3O2+. The van der Waals surface area contributed by atoms with E-state index in [9.17, 15) is 9.59 Å². The normalized spacial score (nSPS) is 19.3. The molecule has 3 aromatic rings. The maximum Gasteiger partial charge on any atom is 0.304 e. The van der Waals surface area contributed by atoms with Gasteiger partial charge < -0.3 is 5.32 Å². The van der Waals surface area contributed by atoms with Gasteiger partial charge in [0, 0.05) is 21.7 Å². The van der Waals surface area contributed by atoms with Crippen LogP contribution >= 0.6 is 11.6 Å². The first kappa shape index (κ1) is 20.8. The Morgan fingerprint density at radius 1 is 1.03 bits per heavy atom. The van der Waals surface area contributed by atoms with E-state index in [1.807, 2.05) is 68.6 Å². The van der Waals surface area contributed by atoms with Crippen LogP contribution < -0.4 is 10.7 Å². The first-order chi connectivity index (χ1) is 14.9. The summed E-state index contributed by atoms with van der Waals surface area (Å²) >= 11 is 6.08. The molecule has 0 unspecified atom stereocenters. The molecular weight excluding hydrogens is 410 g/mol. The van der Waals surface area contributed by atoms with Crippen molar-refractivity contribution < 1.29 is 14.3 Å². The van der Waals surface area contributed by atoms with Crippen molar-refractivity contribution in [2.24, 2.45) is 0 Å². The summed E-state index contributed by atoms with van der Waals surface area (Å²) in [6.07, 6.45) is 1.89. The topological polar surface area (TPSA) is 61.2 Å². The van der Waals surface area contributed by atoms with E-state index in [0.29, 0.717) is 10.6 Å². The minimum Gasteiger partial charge on any atom is -0.334 e. The SMILES string of the molecule is Cc1cccc(C(=O)N[C@@H]2C(=O)N/[N+](=C\c3ccccc3C)[C@@H]2c2ccc(Cl)cc2)c1. The standard InChI is InChI=1S/C25H22ClN3O2/c1-16-6-5-9-19(14-16)24(30)27-22-23(18-10-12-21(26)13-11-18)29(28-25(22)31)15-20-8-4-3-7-17(20)2/h3-15,22-23H,1-2H3,(H-,27,28,30,31)/p+1/b29-15-/t22-,23+/m0/s1. The Morgan fingerprint density at radius 3 is 2.48 bits per heavy atom. The van der Waals surface area contributed by atoms with Gasteiger partial charge in [-0.25, -0.2) is 0 Å². The molecule has 0 spiro atoms. The van der Waals surface area contributed by atoms with Crippen LogP contribution in [0.3, 0.4) is 0 Å². The van der Waals surface area contributed by atoms with Gasteiger partial charge in [-0.15, -0.1) is 10.1 Å². The summed E-state index contributed by atoms with van der Waals surface area (Å²) in [5, 5.41) is 3.53. The van der Waals surface area contributed by atoms with Crippen LogP contribution in [0.5, 0.6) is 0 Å². The highest BCUT2D eigenvalue weighted by Crippen LogP contribution is 2.27. The van der Waals surface area contributed by atoms with Crippen LogP contribution in [0, 0.1) is 13.8 Å². The van der Waals surface area contributed by atoms with E-state index >= 15 is 0 Å². The summed E-state index contributed by atoms with van der Waals surface area (Å²) in [4.78, 5) is 25.8. The van der Waals surface area contributed by atoms with Gasteiger partial charge in [-0.3, -0.25) is 9.59 Å². The summed E-state index contributed by atoms with van der Waals surface area (Å²) < 4.78 is 1.76. The van der Waals surface area contributed by atoms with Gasteiger partial charge in [-0.1, -0.05) is 59.6 Å². The minimum absolute atomic E-state index is 0.272.